The van der Waals surface area contributed by atoms with Crippen molar-refractivity contribution in [3.05, 3.63) is 0 Å². The molecule has 1 aliphatic rings. The molecule has 0 spiro atoms. The topological polar surface area (TPSA) is 89.3 Å². The van der Waals surface area contributed by atoms with Crippen molar-refractivity contribution in [2.24, 2.45) is 17.4 Å². The van der Waals surface area contributed by atoms with Gasteiger partial charge in [-0.3, -0.25) is 4.79 Å². The summed E-state index contributed by atoms with van der Waals surface area (Å²) in [6, 6.07) is -0.898. The van der Waals surface area contributed by atoms with Gasteiger partial charge in [-0.05, 0) is 12.3 Å². The molecule has 1 amide bonds. The summed E-state index contributed by atoms with van der Waals surface area (Å²) in [5, 5.41) is 9.40. The molecule has 0 aromatic carbocycles. The van der Waals surface area contributed by atoms with Gasteiger partial charge in [-0.25, -0.2) is 0 Å². The second kappa shape index (κ2) is 3.87. The van der Waals surface area contributed by atoms with E-state index in [0.717, 1.165) is 12.8 Å². The first-order chi connectivity index (χ1) is 5.61. The van der Waals surface area contributed by atoms with Gasteiger partial charge in [0.05, 0.1) is 6.10 Å². The van der Waals surface area contributed by atoms with Gasteiger partial charge in [0, 0.05) is 0 Å². The molecule has 2 atom stereocenters. The molecule has 0 aromatic heterocycles. The van der Waals surface area contributed by atoms with Gasteiger partial charge in [-0.1, -0.05) is 19.3 Å². The van der Waals surface area contributed by atoms with Crippen LogP contribution >= 0.6 is 0 Å². The van der Waals surface area contributed by atoms with Gasteiger partial charge in [0.2, 0.25) is 5.91 Å². The second-order valence-electron chi connectivity index (χ2n) is 3.53. The highest BCUT2D eigenvalue weighted by Crippen LogP contribution is 2.30. The van der Waals surface area contributed by atoms with Crippen molar-refractivity contribution >= 4 is 5.91 Å². The molecule has 0 radical (unpaired) electrons. The van der Waals surface area contributed by atoms with Crippen LogP contribution in [0.3, 0.4) is 0 Å². The Bertz CT molecular complexity index is 168. The van der Waals surface area contributed by atoms with Crippen LogP contribution in [0.15, 0.2) is 0 Å². The summed E-state index contributed by atoms with van der Waals surface area (Å²) in [5.74, 6) is -0.0766. The van der Waals surface area contributed by atoms with Crippen LogP contribution in [0.5, 0.6) is 0 Å². The van der Waals surface area contributed by atoms with E-state index in [9.17, 15) is 9.90 Å². The molecule has 4 nitrogen and oxygen atoms in total. The summed E-state index contributed by atoms with van der Waals surface area (Å²) in [7, 11) is 0. The lowest BCUT2D eigenvalue weighted by Crippen LogP contribution is -2.46. The second-order valence-corrected chi connectivity index (χ2v) is 3.53. The maximum Gasteiger partial charge on any atom is 0.237 e. The van der Waals surface area contributed by atoms with Crippen LogP contribution in [-0.4, -0.2) is 23.2 Å². The summed E-state index contributed by atoms with van der Waals surface area (Å²) in [5.41, 5.74) is 10.3. The number of amides is 1. The van der Waals surface area contributed by atoms with E-state index >= 15 is 0 Å². The van der Waals surface area contributed by atoms with E-state index in [1.165, 1.54) is 6.42 Å². The number of rotatable bonds is 4. The molecule has 1 saturated carbocycles. The van der Waals surface area contributed by atoms with Crippen LogP contribution in [0.1, 0.15) is 25.7 Å². The van der Waals surface area contributed by atoms with Gasteiger partial charge in [0.15, 0.2) is 0 Å². The minimum atomic E-state index is -0.898. The smallest absolute Gasteiger partial charge is 0.237 e. The SMILES string of the molecule is NC(=O)C(N)C(O)CC1CCC1. The summed E-state index contributed by atoms with van der Waals surface area (Å²) in [6.07, 6.45) is 3.37. The van der Waals surface area contributed by atoms with Crippen molar-refractivity contribution in [1.29, 1.82) is 0 Å². The van der Waals surface area contributed by atoms with Crippen LogP contribution in [0, 0.1) is 5.92 Å². The molecule has 12 heavy (non-hydrogen) atoms. The Hall–Kier alpha value is -0.610. The number of hydrogen-bond acceptors (Lipinski definition) is 3. The van der Waals surface area contributed by atoms with E-state index in [0.29, 0.717) is 12.3 Å². The van der Waals surface area contributed by atoms with Crippen molar-refractivity contribution in [2.75, 3.05) is 0 Å². The normalized spacial score (nSPS) is 22.8. The third-order valence-electron chi connectivity index (χ3n) is 2.54. The van der Waals surface area contributed by atoms with Crippen molar-refractivity contribution in [3.8, 4) is 0 Å². The first-order valence-corrected chi connectivity index (χ1v) is 4.34. The minimum absolute atomic E-state index is 0.547. The maximum atomic E-state index is 10.6. The van der Waals surface area contributed by atoms with Crippen LogP contribution in [-0.2, 0) is 4.79 Å². The summed E-state index contributed by atoms with van der Waals surface area (Å²) in [4.78, 5) is 10.6. The fourth-order valence-electron chi connectivity index (χ4n) is 1.41. The van der Waals surface area contributed by atoms with E-state index in [4.69, 9.17) is 11.5 Å². The van der Waals surface area contributed by atoms with E-state index < -0.39 is 18.1 Å². The highest BCUT2D eigenvalue weighted by atomic mass is 16.3. The largest absolute Gasteiger partial charge is 0.391 e. The molecular formula is C8H16N2O2. The van der Waals surface area contributed by atoms with E-state index in [2.05, 4.69) is 0 Å². The third-order valence-corrected chi connectivity index (χ3v) is 2.54. The van der Waals surface area contributed by atoms with Gasteiger partial charge in [0.25, 0.3) is 0 Å². The molecule has 1 rings (SSSR count). The summed E-state index contributed by atoms with van der Waals surface area (Å²) in [6.45, 7) is 0. The summed E-state index contributed by atoms with van der Waals surface area (Å²) < 4.78 is 0. The monoisotopic (exact) mass is 172 g/mol. The highest BCUT2D eigenvalue weighted by molar-refractivity contribution is 5.80. The van der Waals surface area contributed by atoms with Crippen molar-refractivity contribution in [3.63, 3.8) is 0 Å². The van der Waals surface area contributed by atoms with Crippen molar-refractivity contribution < 1.29 is 9.90 Å². The minimum Gasteiger partial charge on any atom is -0.391 e. The van der Waals surface area contributed by atoms with E-state index in [-0.39, 0.29) is 0 Å². The fraction of sp³-hybridized carbons (Fsp3) is 0.875. The molecule has 5 N–H and O–H groups in total. The number of nitrogens with two attached hydrogens (primary N) is 2. The molecule has 0 aromatic rings. The Morgan fingerprint density at radius 3 is 2.50 bits per heavy atom. The van der Waals surface area contributed by atoms with Gasteiger partial charge in [-0.2, -0.15) is 0 Å². The van der Waals surface area contributed by atoms with Gasteiger partial charge in [0.1, 0.15) is 6.04 Å². The van der Waals surface area contributed by atoms with Crippen LogP contribution in [0.2, 0.25) is 0 Å². The number of hydrogen-bond donors (Lipinski definition) is 3. The zero-order valence-electron chi connectivity index (χ0n) is 7.07. The molecule has 70 valence electrons. The average molecular weight is 172 g/mol. The molecular weight excluding hydrogens is 156 g/mol. The summed E-state index contributed by atoms with van der Waals surface area (Å²) >= 11 is 0. The molecule has 0 saturated heterocycles. The van der Waals surface area contributed by atoms with Gasteiger partial charge >= 0.3 is 0 Å². The Morgan fingerprint density at radius 1 is 1.58 bits per heavy atom. The van der Waals surface area contributed by atoms with Crippen LogP contribution in [0.25, 0.3) is 0 Å². The van der Waals surface area contributed by atoms with Crippen LogP contribution < -0.4 is 11.5 Å². The Labute approximate surface area is 71.9 Å². The number of carbonyl (C=O) groups excluding carboxylic acids is 1. The Balaban J connectivity index is 2.25. The fourth-order valence-corrected chi connectivity index (χ4v) is 1.41. The van der Waals surface area contributed by atoms with Crippen molar-refractivity contribution in [1.82, 2.24) is 0 Å². The van der Waals surface area contributed by atoms with Crippen LogP contribution in [0.4, 0.5) is 0 Å². The molecule has 4 heteroatoms. The lowest BCUT2D eigenvalue weighted by atomic mass is 9.80. The number of aliphatic hydroxyl groups excluding tert-OH is 1. The first-order valence-electron chi connectivity index (χ1n) is 4.34. The lowest BCUT2D eigenvalue weighted by Gasteiger charge is -2.28. The zero-order chi connectivity index (χ0) is 9.14. The van der Waals surface area contributed by atoms with E-state index in [1.54, 1.807) is 0 Å². The quantitative estimate of drug-likeness (QED) is 0.526. The molecule has 0 heterocycles. The predicted molar refractivity (Wildman–Crippen MR) is 45.1 cm³/mol. The average Bonchev–Trinajstić information content (AvgIpc) is 1.94. The molecule has 0 bridgehead atoms. The first kappa shape index (κ1) is 9.48. The number of primary amides is 1. The lowest BCUT2D eigenvalue weighted by molar-refractivity contribution is -0.121. The van der Waals surface area contributed by atoms with Gasteiger partial charge < -0.3 is 16.6 Å². The maximum absolute atomic E-state index is 10.6. The number of carbonyl (C=O) groups is 1. The highest BCUT2D eigenvalue weighted by Gasteiger charge is 2.26. The molecule has 0 aliphatic heterocycles. The molecule has 1 aliphatic carbocycles. The molecule has 2 unspecified atom stereocenters. The molecule has 1 fully saturated rings. The Kier molecular flexibility index (Phi) is 3.05. The zero-order valence-corrected chi connectivity index (χ0v) is 7.07. The standard InChI is InChI=1S/C8H16N2O2/c9-7(8(10)12)6(11)4-5-2-1-3-5/h5-7,11H,1-4,9H2,(H2,10,12). The third kappa shape index (κ3) is 2.19. The number of aliphatic hydroxyl groups is 1. The predicted octanol–water partition coefficient (Wildman–Crippen LogP) is -0.650. The Morgan fingerprint density at radius 2 is 2.17 bits per heavy atom. The van der Waals surface area contributed by atoms with Crippen molar-refractivity contribution in [2.45, 2.75) is 37.8 Å². The van der Waals surface area contributed by atoms with Gasteiger partial charge in [-0.15, -0.1) is 0 Å². The van der Waals surface area contributed by atoms with E-state index in [1.807, 2.05) is 0 Å².